The molecule has 0 aliphatic carbocycles. The summed E-state index contributed by atoms with van der Waals surface area (Å²) in [5, 5.41) is 13.2. The molecule has 0 spiro atoms. The summed E-state index contributed by atoms with van der Waals surface area (Å²) in [6.45, 7) is 0. The third-order valence-electron chi connectivity index (χ3n) is 3.72. The molecule has 3 aromatic rings. The van der Waals surface area contributed by atoms with Gasteiger partial charge in [-0.25, -0.2) is 0 Å². The van der Waals surface area contributed by atoms with Crippen LogP contribution in [0.15, 0.2) is 60.9 Å². The lowest BCUT2D eigenvalue weighted by atomic mass is 10.1. The number of carbonyl (C=O) groups excluding carboxylic acids is 1. The van der Waals surface area contributed by atoms with E-state index in [9.17, 15) is 4.79 Å². The Morgan fingerprint density at radius 3 is 2.58 bits per heavy atom. The standard InChI is InChI=1S/C18H17ClN4O/c1-20-17(13-3-2-4-15(19)9-13)18(24)23-16-7-5-12(6-8-16)14-10-21-22-11-14/h2-11,17,20H,1H3,(H,21,22)(H,23,24). The quantitative estimate of drug-likeness (QED) is 0.664. The van der Waals surface area contributed by atoms with E-state index >= 15 is 0 Å². The van der Waals surface area contributed by atoms with Crippen LogP contribution >= 0.6 is 11.6 Å². The molecular weight excluding hydrogens is 324 g/mol. The highest BCUT2D eigenvalue weighted by Crippen LogP contribution is 2.22. The van der Waals surface area contributed by atoms with E-state index in [0.29, 0.717) is 5.02 Å². The molecule has 6 heteroatoms. The summed E-state index contributed by atoms with van der Waals surface area (Å²) in [6.07, 6.45) is 3.58. The molecule has 3 N–H and O–H groups in total. The van der Waals surface area contributed by atoms with Crippen LogP contribution in [0.1, 0.15) is 11.6 Å². The van der Waals surface area contributed by atoms with Crippen molar-refractivity contribution in [3.8, 4) is 11.1 Å². The van der Waals surface area contributed by atoms with Crippen molar-refractivity contribution >= 4 is 23.2 Å². The van der Waals surface area contributed by atoms with E-state index in [4.69, 9.17) is 11.6 Å². The van der Waals surface area contributed by atoms with Gasteiger partial charge in [0.1, 0.15) is 6.04 Å². The number of nitrogens with one attached hydrogen (secondary N) is 3. The Morgan fingerprint density at radius 1 is 1.17 bits per heavy atom. The number of likely N-dealkylation sites (N-methyl/N-ethyl adjacent to an activating group) is 1. The summed E-state index contributed by atoms with van der Waals surface area (Å²) < 4.78 is 0. The van der Waals surface area contributed by atoms with E-state index in [1.54, 1.807) is 25.4 Å². The fourth-order valence-corrected chi connectivity index (χ4v) is 2.70. The molecule has 2 aromatic carbocycles. The van der Waals surface area contributed by atoms with Crippen LogP contribution in [0.2, 0.25) is 5.02 Å². The number of aromatic amines is 1. The number of halogens is 1. The molecule has 1 unspecified atom stereocenters. The number of rotatable bonds is 5. The van der Waals surface area contributed by atoms with Gasteiger partial charge in [0.15, 0.2) is 0 Å². The number of nitrogens with zero attached hydrogens (tertiary/aromatic N) is 1. The van der Waals surface area contributed by atoms with Crippen LogP contribution in [0.4, 0.5) is 5.69 Å². The summed E-state index contributed by atoms with van der Waals surface area (Å²) >= 11 is 6.01. The molecule has 1 atom stereocenters. The summed E-state index contributed by atoms with van der Waals surface area (Å²) in [5.41, 5.74) is 3.58. The highest BCUT2D eigenvalue weighted by Gasteiger charge is 2.19. The van der Waals surface area contributed by atoms with Crippen LogP contribution in [0.25, 0.3) is 11.1 Å². The average Bonchev–Trinajstić information content (AvgIpc) is 3.11. The lowest BCUT2D eigenvalue weighted by Crippen LogP contribution is -2.30. The monoisotopic (exact) mass is 340 g/mol. The van der Waals surface area contributed by atoms with Crippen LogP contribution in [-0.4, -0.2) is 23.2 Å². The number of hydrogen-bond acceptors (Lipinski definition) is 3. The fraction of sp³-hybridized carbons (Fsp3) is 0.111. The van der Waals surface area contributed by atoms with Gasteiger partial charge in [-0.3, -0.25) is 9.89 Å². The first-order valence-corrected chi connectivity index (χ1v) is 7.88. The molecule has 0 saturated carbocycles. The molecule has 3 rings (SSSR count). The van der Waals surface area contributed by atoms with Crippen molar-refractivity contribution in [1.29, 1.82) is 0 Å². The van der Waals surface area contributed by atoms with Gasteiger partial charge in [-0.15, -0.1) is 0 Å². The second kappa shape index (κ2) is 7.29. The largest absolute Gasteiger partial charge is 0.324 e. The van der Waals surface area contributed by atoms with E-state index in [2.05, 4.69) is 20.8 Å². The normalized spacial score (nSPS) is 11.9. The van der Waals surface area contributed by atoms with Crippen LogP contribution in [0.5, 0.6) is 0 Å². The molecule has 0 saturated heterocycles. The molecule has 0 fully saturated rings. The molecule has 24 heavy (non-hydrogen) atoms. The summed E-state index contributed by atoms with van der Waals surface area (Å²) in [6, 6.07) is 14.4. The van der Waals surface area contributed by atoms with Crippen molar-refractivity contribution in [2.45, 2.75) is 6.04 Å². The molecule has 1 aromatic heterocycles. The topological polar surface area (TPSA) is 69.8 Å². The van der Waals surface area contributed by atoms with Crippen LogP contribution in [0, 0.1) is 0 Å². The maximum absolute atomic E-state index is 12.5. The Balaban J connectivity index is 1.73. The second-order valence-electron chi connectivity index (χ2n) is 5.33. The van der Waals surface area contributed by atoms with Gasteiger partial charge < -0.3 is 10.6 Å². The third kappa shape index (κ3) is 3.64. The van der Waals surface area contributed by atoms with Gasteiger partial charge in [-0.2, -0.15) is 5.10 Å². The predicted octanol–water partition coefficient (Wildman–Crippen LogP) is 3.63. The minimum Gasteiger partial charge on any atom is -0.324 e. The number of carbonyl (C=O) groups is 1. The second-order valence-corrected chi connectivity index (χ2v) is 5.77. The van der Waals surface area contributed by atoms with E-state index in [-0.39, 0.29) is 5.91 Å². The van der Waals surface area contributed by atoms with Crippen molar-refractivity contribution in [3.63, 3.8) is 0 Å². The lowest BCUT2D eigenvalue weighted by Gasteiger charge is -2.17. The van der Waals surface area contributed by atoms with Gasteiger partial charge in [-0.05, 0) is 42.4 Å². The molecule has 1 heterocycles. The molecule has 5 nitrogen and oxygen atoms in total. The number of hydrogen-bond donors (Lipinski definition) is 3. The molecule has 0 aliphatic heterocycles. The van der Waals surface area contributed by atoms with Crippen molar-refractivity contribution < 1.29 is 4.79 Å². The maximum Gasteiger partial charge on any atom is 0.246 e. The molecule has 122 valence electrons. The average molecular weight is 341 g/mol. The smallest absolute Gasteiger partial charge is 0.246 e. The van der Waals surface area contributed by atoms with Crippen LogP contribution < -0.4 is 10.6 Å². The minimum atomic E-state index is -0.475. The Labute approximate surface area is 145 Å². The SMILES string of the molecule is CNC(C(=O)Nc1ccc(-c2cn[nH]c2)cc1)c1cccc(Cl)c1. The molecule has 0 aliphatic rings. The van der Waals surface area contributed by atoms with Crippen molar-refractivity contribution in [2.24, 2.45) is 0 Å². The van der Waals surface area contributed by atoms with Crippen molar-refractivity contribution in [2.75, 3.05) is 12.4 Å². The Morgan fingerprint density at radius 2 is 1.96 bits per heavy atom. The van der Waals surface area contributed by atoms with Gasteiger partial charge >= 0.3 is 0 Å². The number of benzene rings is 2. The first kappa shape index (κ1) is 16.2. The number of amides is 1. The Bertz CT molecular complexity index is 815. The van der Waals surface area contributed by atoms with Crippen molar-refractivity contribution in [1.82, 2.24) is 15.5 Å². The zero-order chi connectivity index (χ0) is 16.9. The number of aromatic nitrogens is 2. The predicted molar refractivity (Wildman–Crippen MR) is 95.9 cm³/mol. The Kier molecular flexibility index (Phi) is 4.93. The molecular formula is C18H17ClN4O. The number of anilines is 1. The van der Waals surface area contributed by atoms with Gasteiger partial charge in [0, 0.05) is 22.5 Å². The zero-order valence-corrected chi connectivity index (χ0v) is 13.8. The molecule has 0 radical (unpaired) electrons. The van der Waals surface area contributed by atoms with E-state index < -0.39 is 6.04 Å². The molecule has 1 amide bonds. The fourth-order valence-electron chi connectivity index (χ4n) is 2.50. The van der Waals surface area contributed by atoms with E-state index in [1.165, 1.54) is 0 Å². The first-order chi connectivity index (χ1) is 11.7. The van der Waals surface area contributed by atoms with E-state index in [1.807, 2.05) is 42.6 Å². The van der Waals surface area contributed by atoms with Gasteiger partial charge in [0.2, 0.25) is 5.91 Å². The van der Waals surface area contributed by atoms with Crippen LogP contribution in [0.3, 0.4) is 0 Å². The highest BCUT2D eigenvalue weighted by molar-refractivity contribution is 6.30. The maximum atomic E-state index is 12.5. The summed E-state index contributed by atoms with van der Waals surface area (Å²) in [5.74, 6) is -0.143. The third-order valence-corrected chi connectivity index (χ3v) is 3.95. The summed E-state index contributed by atoms with van der Waals surface area (Å²) in [7, 11) is 1.74. The first-order valence-electron chi connectivity index (χ1n) is 7.50. The highest BCUT2D eigenvalue weighted by atomic mass is 35.5. The zero-order valence-electron chi connectivity index (χ0n) is 13.1. The summed E-state index contributed by atoms with van der Waals surface area (Å²) in [4.78, 5) is 12.5. The van der Waals surface area contributed by atoms with Gasteiger partial charge in [0.05, 0.1) is 6.20 Å². The Hall–Kier alpha value is -2.63. The van der Waals surface area contributed by atoms with Crippen molar-refractivity contribution in [3.05, 3.63) is 71.5 Å². The van der Waals surface area contributed by atoms with Gasteiger partial charge in [-0.1, -0.05) is 35.9 Å². The molecule has 0 bridgehead atoms. The van der Waals surface area contributed by atoms with Gasteiger partial charge in [0.25, 0.3) is 0 Å². The number of H-pyrrole nitrogens is 1. The van der Waals surface area contributed by atoms with Crippen LogP contribution in [-0.2, 0) is 4.79 Å². The lowest BCUT2D eigenvalue weighted by molar-refractivity contribution is -0.118. The minimum absolute atomic E-state index is 0.143. The van der Waals surface area contributed by atoms with E-state index in [0.717, 1.165) is 22.4 Å².